The van der Waals surface area contributed by atoms with E-state index in [2.05, 4.69) is 39.0 Å². The SMILES string of the molecule is IC1NC=C(CN2CCCC2)S1. The summed E-state index contributed by atoms with van der Waals surface area (Å²) in [6.07, 6.45) is 4.94. The Hall–Kier alpha value is 0.580. The maximum atomic E-state index is 3.30. The number of likely N-dealkylation sites (tertiary alicyclic amines) is 1. The van der Waals surface area contributed by atoms with E-state index in [9.17, 15) is 0 Å². The van der Waals surface area contributed by atoms with Crippen molar-refractivity contribution in [1.29, 1.82) is 0 Å². The van der Waals surface area contributed by atoms with Gasteiger partial charge in [0.05, 0.1) is 0 Å². The van der Waals surface area contributed by atoms with E-state index in [0.29, 0.717) is 3.38 Å². The quantitative estimate of drug-likeness (QED) is 0.476. The molecule has 12 heavy (non-hydrogen) atoms. The van der Waals surface area contributed by atoms with Gasteiger partial charge in [0.2, 0.25) is 0 Å². The molecule has 0 aromatic heterocycles. The lowest BCUT2D eigenvalue weighted by molar-refractivity contribution is 0.375. The first kappa shape index (κ1) is 9.15. The van der Waals surface area contributed by atoms with E-state index in [1.807, 2.05) is 11.8 Å². The summed E-state index contributed by atoms with van der Waals surface area (Å²) >= 11 is 4.36. The molecule has 2 aliphatic heterocycles. The maximum Gasteiger partial charge on any atom is 0.129 e. The summed E-state index contributed by atoms with van der Waals surface area (Å²) in [5, 5.41) is 3.30. The Bertz CT molecular complexity index is 189. The third-order valence-corrected chi connectivity index (χ3v) is 4.22. The number of rotatable bonds is 2. The van der Waals surface area contributed by atoms with Gasteiger partial charge in [0.1, 0.15) is 3.38 Å². The van der Waals surface area contributed by atoms with Crippen LogP contribution in [0.15, 0.2) is 11.1 Å². The lowest BCUT2D eigenvalue weighted by atomic mass is 10.4. The van der Waals surface area contributed by atoms with Gasteiger partial charge in [-0.2, -0.15) is 0 Å². The largest absolute Gasteiger partial charge is 0.370 e. The molecule has 0 spiro atoms. The van der Waals surface area contributed by atoms with Crippen LogP contribution in [0.25, 0.3) is 0 Å². The zero-order valence-corrected chi connectivity index (χ0v) is 9.90. The van der Waals surface area contributed by atoms with Crippen molar-refractivity contribution in [3.63, 3.8) is 0 Å². The number of thioether (sulfide) groups is 1. The first-order valence-corrected chi connectivity index (χ1v) is 6.45. The summed E-state index contributed by atoms with van der Waals surface area (Å²) in [7, 11) is 0. The predicted molar refractivity (Wildman–Crippen MR) is 62.3 cm³/mol. The van der Waals surface area contributed by atoms with Gasteiger partial charge in [-0.1, -0.05) is 11.8 Å². The van der Waals surface area contributed by atoms with Crippen molar-refractivity contribution in [3.05, 3.63) is 11.1 Å². The minimum Gasteiger partial charge on any atom is -0.370 e. The zero-order valence-electron chi connectivity index (χ0n) is 6.92. The van der Waals surface area contributed by atoms with Crippen molar-refractivity contribution < 1.29 is 0 Å². The van der Waals surface area contributed by atoms with Crippen LogP contribution in [-0.4, -0.2) is 27.9 Å². The Balaban J connectivity index is 1.79. The molecule has 1 fully saturated rings. The van der Waals surface area contributed by atoms with Crippen molar-refractivity contribution in [2.24, 2.45) is 0 Å². The highest BCUT2D eigenvalue weighted by molar-refractivity contribution is 14.1. The average molecular weight is 296 g/mol. The number of alkyl halides is 1. The molecule has 0 aliphatic carbocycles. The molecule has 2 heterocycles. The second kappa shape index (κ2) is 4.19. The first-order valence-electron chi connectivity index (χ1n) is 4.33. The molecule has 1 atom stereocenters. The molecule has 0 radical (unpaired) electrons. The van der Waals surface area contributed by atoms with Gasteiger partial charge < -0.3 is 5.32 Å². The highest BCUT2D eigenvalue weighted by atomic mass is 127. The number of nitrogens with one attached hydrogen (secondary N) is 1. The van der Waals surface area contributed by atoms with E-state index in [1.165, 1.54) is 30.8 Å². The summed E-state index contributed by atoms with van der Waals surface area (Å²) in [4.78, 5) is 4.03. The average Bonchev–Trinajstić information content (AvgIpc) is 2.63. The molecule has 2 nitrogen and oxygen atoms in total. The molecular formula is C8H13IN2S. The van der Waals surface area contributed by atoms with Crippen LogP contribution in [-0.2, 0) is 0 Å². The summed E-state index contributed by atoms with van der Waals surface area (Å²) in [5.74, 6) is 0. The van der Waals surface area contributed by atoms with Crippen LogP contribution >= 0.6 is 34.4 Å². The number of hydrogen-bond donors (Lipinski definition) is 1. The second-order valence-corrected chi connectivity index (χ2v) is 6.52. The van der Waals surface area contributed by atoms with Crippen LogP contribution in [0, 0.1) is 0 Å². The van der Waals surface area contributed by atoms with Crippen LogP contribution in [0.2, 0.25) is 0 Å². The van der Waals surface area contributed by atoms with Gasteiger partial charge in [-0.05, 0) is 48.5 Å². The molecule has 1 unspecified atom stereocenters. The molecule has 0 amide bonds. The molecule has 0 aromatic carbocycles. The van der Waals surface area contributed by atoms with E-state index in [0.717, 1.165) is 6.54 Å². The third-order valence-electron chi connectivity index (χ3n) is 2.21. The third kappa shape index (κ3) is 2.29. The van der Waals surface area contributed by atoms with Gasteiger partial charge >= 0.3 is 0 Å². The second-order valence-electron chi connectivity index (χ2n) is 3.19. The van der Waals surface area contributed by atoms with Gasteiger partial charge in [0.25, 0.3) is 0 Å². The normalized spacial score (nSPS) is 30.4. The number of nitrogens with zero attached hydrogens (tertiary/aromatic N) is 1. The van der Waals surface area contributed by atoms with Crippen LogP contribution < -0.4 is 5.32 Å². The van der Waals surface area contributed by atoms with Gasteiger partial charge in [0, 0.05) is 17.6 Å². The van der Waals surface area contributed by atoms with E-state index < -0.39 is 0 Å². The smallest absolute Gasteiger partial charge is 0.129 e. The van der Waals surface area contributed by atoms with Crippen LogP contribution in [0.4, 0.5) is 0 Å². The fourth-order valence-corrected chi connectivity index (χ4v) is 3.56. The molecule has 2 rings (SSSR count). The van der Waals surface area contributed by atoms with Gasteiger partial charge in [0.15, 0.2) is 0 Å². The summed E-state index contributed by atoms with van der Waals surface area (Å²) in [6.45, 7) is 3.75. The Morgan fingerprint density at radius 1 is 1.58 bits per heavy atom. The van der Waals surface area contributed by atoms with Gasteiger partial charge in [-0.25, -0.2) is 0 Å². The van der Waals surface area contributed by atoms with E-state index in [1.54, 1.807) is 0 Å². The lowest BCUT2D eigenvalue weighted by Crippen LogP contribution is -2.20. The molecule has 0 aromatic rings. The summed E-state index contributed by atoms with van der Waals surface area (Å²) in [6, 6.07) is 0. The highest BCUT2D eigenvalue weighted by Gasteiger charge is 2.18. The fraction of sp³-hybridized carbons (Fsp3) is 0.750. The standard InChI is InChI=1S/C8H13IN2S/c9-8-10-5-7(12-8)6-11-3-1-2-4-11/h5,8,10H,1-4,6H2. The van der Waals surface area contributed by atoms with E-state index >= 15 is 0 Å². The Morgan fingerprint density at radius 2 is 2.33 bits per heavy atom. The monoisotopic (exact) mass is 296 g/mol. The van der Waals surface area contributed by atoms with Gasteiger partial charge in [-0.15, -0.1) is 0 Å². The summed E-state index contributed by atoms with van der Waals surface area (Å²) in [5.41, 5.74) is 0. The Kier molecular flexibility index (Phi) is 3.20. The first-order chi connectivity index (χ1) is 5.84. The highest BCUT2D eigenvalue weighted by Crippen LogP contribution is 2.30. The predicted octanol–water partition coefficient (Wildman–Crippen LogP) is 1.98. The molecule has 2 aliphatic rings. The van der Waals surface area contributed by atoms with Crippen molar-refractivity contribution in [1.82, 2.24) is 10.2 Å². The van der Waals surface area contributed by atoms with Crippen LogP contribution in [0.5, 0.6) is 0 Å². The Labute approximate surface area is 91.3 Å². The molecule has 4 heteroatoms. The molecule has 1 N–H and O–H groups in total. The zero-order chi connectivity index (χ0) is 8.39. The molecule has 68 valence electrons. The van der Waals surface area contributed by atoms with Crippen molar-refractivity contribution in [3.8, 4) is 0 Å². The molecular weight excluding hydrogens is 283 g/mol. The molecule has 1 saturated heterocycles. The lowest BCUT2D eigenvalue weighted by Gasteiger charge is -2.14. The topological polar surface area (TPSA) is 15.3 Å². The molecule has 0 saturated carbocycles. The van der Waals surface area contributed by atoms with Crippen molar-refractivity contribution >= 4 is 34.4 Å². The molecule has 0 bridgehead atoms. The minimum atomic E-state index is 0.556. The Morgan fingerprint density at radius 3 is 2.92 bits per heavy atom. The van der Waals surface area contributed by atoms with Crippen LogP contribution in [0.3, 0.4) is 0 Å². The number of hydrogen-bond acceptors (Lipinski definition) is 3. The maximum absolute atomic E-state index is 3.30. The number of halogens is 1. The van der Waals surface area contributed by atoms with Crippen LogP contribution in [0.1, 0.15) is 12.8 Å². The van der Waals surface area contributed by atoms with E-state index in [-0.39, 0.29) is 0 Å². The fourth-order valence-electron chi connectivity index (χ4n) is 1.60. The summed E-state index contributed by atoms with van der Waals surface area (Å²) < 4.78 is 0.556. The van der Waals surface area contributed by atoms with Crippen molar-refractivity contribution in [2.45, 2.75) is 16.2 Å². The van der Waals surface area contributed by atoms with Crippen molar-refractivity contribution in [2.75, 3.05) is 19.6 Å². The van der Waals surface area contributed by atoms with E-state index in [4.69, 9.17) is 0 Å². The minimum absolute atomic E-state index is 0.556. The van der Waals surface area contributed by atoms with Gasteiger partial charge in [-0.3, -0.25) is 4.90 Å².